The molecule has 2 aromatic carbocycles. The van der Waals surface area contributed by atoms with Gasteiger partial charge < -0.3 is 5.32 Å². The average Bonchev–Trinajstić information content (AvgIpc) is 2.66. The number of anilines is 1. The van der Waals surface area contributed by atoms with Gasteiger partial charge in [-0.05, 0) is 52.9 Å². The lowest BCUT2D eigenvalue weighted by molar-refractivity contribution is -0.348. The number of hydrogen-bond donors (Lipinski definition) is 1. The molecule has 3 aromatic rings. The maximum atomic E-state index is 14.6. The number of halogens is 8. The van der Waals surface area contributed by atoms with Crippen molar-refractivity contribution in [1.82, 2.24) is 4.98 Å². The predicted molar refractivity (Wildman–Crippen MR) is 104 cm³/mol. The van der Waals surface area contributed by atoms with Gasteiger partial charge in [-0.1, -0.05) is 18.2 Å². The monoisotopic (exact) mass is 542 g/mol. The van der Waals surface area contributed by atoms with Crippen molar-refractivity contribution < 1.29 is 35.5 Å². The molecule has 0 bridgehead atoms. The minimum Gasteiger partial charge on any atom is -0.320 e. The molecule has 1 heterocycles. The summed E-state index contributed by atoms with van der Waals surface area (Å²) in [6, 6.07) is 9.39. The molecule has 3 nitrogen and oxygen atoms in total. The van der Waals surface area contributed by atoms with Gasteiger partial charge in [0.25, 0.3) is 5.91 Å². The Labute approximate surface area is 178 Å². The van der Waals surface area contributed by atoms with Gasteiger partial charge in [0, 0.05) is 26.3 Å². The molecule has 11 heteroatoms. The zero-order valence-corrected chi connectivity index (χ0v) is 16.7. The van der Waals surface area contributed by atoms with Crippen LogP contribution in [0.5, 0.6) is 0 Å². The van der Waals surface area contributed by atoms with Crippen molar-refractivity contribution >= 4 is 45.1 Å². The van der Waals surface area contributed by atoms with E-state index in [4.69, 9.17) is 0 Å². The first kappa shape index (κ1) is 22.2. The number of amides is 1. The smallest absolute Gasteiger partial charge is 0.320 e. The molecule has 30 heavy (non-hydrogen) atoms. The Bertz CT molecular complexity index is 1100. The van der Waals surface area contributed by atoms with Crippen LogP contribution in [0, 0.1) is 3.57 Å². The second-order valence-electron chi connectivity index (χ2n) is 6.18. The average molecular weight is 542 g/mol. The minimum atomic E-state index is -6.26. The van der Waals surface area contributed by atoms with Crippen molar-refractivity contribution in [2.24, 2.45) is 0 Å². The van der Waals surface area contributed by atoms with Gasteiger partial charge >= 0.3 is 18.0 Å². The summed E-state index contributed by atoms with van der Waals surface area (Å²) in [6.45, 7) is 0. The van der Waals surface area contributed by atoms with Gasteiger partial charge in [-0.15, -0.1) is 0 Å². The lowest BCUT2D eigenvalue weighted by atomic mass is 9.90. The molecule has 1 N–H and O–H groups in total. The Morgan fingerprint density at radius 1 is 0.900 bits per heavy atom. The van der Waals surface area contributed by atoms with Crippen LogP contribution in [0.1, 0.15) is 15.9 Å². The molecule has 0 saturated heterocycles. The van der Waals surface area contributed by atoms with Crippen LogP contribution in [-0.2, 0) is 5.67 Å². The molecule has 3 rings (SSSR count). The maximum absolute atomic E-state index is 14.6. The van der Waals surface area contributed by atoms with E-state index < -0.39 is 40.4 Å². The lowest BCUT2D eigenvalue weighted by Gasteiger charge is -2.31. The SMILES string of the molecule is O=C(Nc1ccc(C(F)(C(F)(F)F)C(F)(F)F)c2cccnc12)c1cccc(I)c1. The third-order valence-corrected chi connectivity index (χ3v) is 4.93. The molecule has 0 aliphatic heterocycles. The van der Waals surface area contributed by atoms with E-state index >= 15 is 0 Å². The first-order valence-electron chi connectivity index (χ1n) is 8.14. The van der Waals surface area contributed by atoms with E-state index in [0.717, 1.165) is 28.0 Å². The summed E-state index contributed by atoms with van der Waals surface area (Å²) in [6.07, 6.45) is -11.4. The first-order chi connectivity index (χ1) is 13.9. The van der Waals surface area contributed by atoms with Crippen LogP contribution in [0.4, 0.5) is 36.4 Å². The van der Waals surface area contributed by atoms with E-state index in [-0.39, 0.29) is 11.3 Å². The van der Waals surface area contributed by atoms with Crippen molar-refractivity contribution in [3.8, 4) is 0 Å². The topological polar surface area (TPSA) is 42.0 Å². The molecule has 0 atom stereocenters. The highest BCUT2D eigenvalue weighted by Crippen LogP contribution is 2.54. The minimum absolute atomic E-state index is 0.162. The van der Waals surface area contributed by atoms with Gasteiger partial charge in [-0.3, -0.25) is 9.78 Å². The Hall–Kier alpha value is -2.44. The Balaban J connectivity index is 2.16. The van der Waals surface area contributed by atoms with Crippen LogP contribution in [0.25, 0.3) is 10.9 Å². The van der Waals surface area contributed by atoms with Crippen LogP contribution in [-0.4, -0.2) is 23.2 Å². The summed E-state index contributed by atoms with van der Waals surface area (Å²) >= 11 is 1.96. The highest BCUT2D eigenvalue weighted by Gasteiger charge is 2.74. The van der Waals surface area contributed by atoms with Crippen LogP contribution in [0.2, 0.25) is 0 Å². The highest BCUT2D eigenvalue weighted by molar-refractivity contribution is 14.1. The van der Waals surface area contributed by atoms with E-state index in [0.29, 0.717) is 6.07 Å². The van der Waals surface area contributed by atoms with Crippen molar-refractivity contribution in [3.63, 3.8) is 0 Å². The van der Waals surface area contributed by atoms with E-state index in [1.54, 1.807) is 12.1 Å². The third-order valence-electron chi connectivity index (χ3n) is 4.26. The number of fused-ring (bicyclic) bond motifs is 1. The Morgan fingerprint density at radius 3 is 2.17 bits per heavy atom. The first-order valence-corrected chi connectivity index (χ1v) is 9.21. The number of alkyl halides is 7. The van der Waals surface area contributed by atoms with Gasteiger partial charge in [0.15, 0.2) is 0 Å². The van der Waals surface area contributed by atoms with Crippen LogP contribution in [0.3, 0.4) is 0 Å². The summed E-state index contributed by atoms with van der Waals surface area (Å²) in [5, 5.41) is 1.67. The standard InChI is InChI=1S/C19H10F7IN2O/c20-17(18(21,22)23,19(24,25)26)13-6-7-14(15-12(13)5-2-8-28-15)29-16(30)10-3-1-4-11(27)9-10/h1-9H,(H,29,30). The number of aromatic nitrogens is 1. The summed E-state index contributed by atoms with van der Waals surface area (Å²) in [4.78, 5) is 16.2. The Kier molecular flexibility index (Phi) is 5.69. The second kappa shape index (κ2) is 7.67. The summed E-state index contributed by atoms with van der Waals surface area (Å²) in [5.74, 6) is -0.661. The Morgan fingerprint density at radius 2 is 1.57 bits per heavy atom. The van der Waals surface area contributed by atoms with E-state index in [1.165, 1.54) is 12.1 Å². The fourth-order valence-corrected chi connectivity index (χ4v) is 3.41. The van der Waals surface area contributed by atoms with E-state index in [1.807, 2.05) is 22.6 Å². The van der Waals surface area contributed by atoms with Crippen LogP contribution in [0.15, 0.2) is 54.7 Å². The maximum Gasteiger partial charge on any atom is 0.435 e. The fraction of sp³-hybridized carbons (Fsp3) is 0.158. The fourth-order valence-electron chi connectivity index (χ4n) is 2.86. The molecule has 0 unspecified atom stereocenters. The largest absolute Gasteiger partial charge is 0.435 e. The number of pyridine rings is 1. The van der Waals surface area contributed by atoms with Crippen molar-refractivity contribution in [2.75, 3.05) is 5.32 Å². The number of benzene rings is 2. The molecular weight excluding hydrogens is 532 g/mol. The quantitative estimate of drug-likeness (QED) is 0.309. The molecule has 158 valence electrons. The molecule has 0 fully saturated rings. The van der Waals surface area contributed by atoms with Crippen molar-refractivity contribution in [2.45, 2.75) is 18.0 Å². The van der Waals surface area contributed by atoms with E-state index in [9.17, 15) is 35.5 Å². The van der Waals surface area contributed by atoms with Crippen molar-refractivity contribution in [1.29, 1.82) is 0 Å². The number of carbonyl (C=O) groups excluding carboxylic acids is 1. The summed E-state index contributed by atoms with van der Waals surface area (Å²) < 4.78 is 94.5. The van der Waals surface area contributed by atoms with Gasteiger partial charge in [-0.2, -0.15) is 26.3 Å². The molecule has 0 spiro atoms. The predicted octanol–water partition coefficient (Wildman–Crippen LogP) is 6.38. The number of rotatable bonds is 3. The summed E-state index contributed by atoms with van der Waals surface area (Å²) in [5.41, 5.74) is -7.63. The second-order valence-corrected chi connectivity index (χ2v) is 7.42. The van der Waals surface area contributed by atoms with Gasteiger partial charge in [-0.25, -0.2) is 4.39 Å². The lowest BCUT2D eigenvalue weighted by Crippen LogP contribution is -2.50. The molecule has 1 aromatic heterocycles. The van der Waals surface area contributed by atoms with Crippen LogP contribution >= 0.6 is 22.6 Å². The normalized spacial score (nSPS) is 12.8. The van der Waals surface area contributed by atoms with Gasteiger partial charge in [0.05, 0.1) is 11.2 Å². The highest BCUT2D eigenvalue weighted by atomic mass is 127. The zero-order valence-electron chi connectivity index (χ0n) is 14.6. The van der Waals surface area contributed by atoms with E-state index in [2.05, 4.69) is 10.3 Å². The number of carbonyl (C=O) groups is 1. The molecule has 0 aliphatic rings. The number of nitrogens with one attached hydrogen (secondary N) is 1. The molecule has 0 saturated carbocycles. The number of nitrogens with zero attached hydrogens (tertiary/aromatic N) is 1. The number of hydrogen-bond acceptors (Lipinski definition) is 2. The van der Waals surface area contributed by atoms with Gasteiger partial charge in [0.2, 0.25) is 0 Å². The van der Waals surface area contributed by atoms with Crippen LogP contribution < -0.4 is 5.32 Å². The van der Waals surface area contributed by atoms with Crippen molar-refractivity contribution in [3.05, 3.63) is 69.4 Å². The third kappa shape index (κ3) is 3.82. The molecule has 1 amide bonds. The molecule has 0 radical (unpaired) electrons. The molecular formula is C19H10F7IN2O. The zero-order chi connectivity index (χ0) is 22.3. The van der Waals surface area contributed by atoms with Gasteiger partial charge in [0.1, 0.15) is 0 Å². The summed E-state index contributed by atoms with van der Waals surface area (Å²) in [7, 11) is 0. The molecule has 0 aliphatic carbocycles.